The van der Waals surface area contributed by atoms with Crippen molar-refractivity contribution in [2.45, 2.75) is 31.2 Å². The molecule has 0 spiro atoms. The number of hydrogen-bond donors (Lipinski definition) is 0. The van der Waals surface area contributed by atoms with Crippen LogP contribution in [-0.2, 0) is 7.05 Å². The van der Waals surface area contributed by atoms with Crippen molar-refractivity contribution in [3.63, 3.8) is 0 Å². The highest BCUT2D eigenvalue weighted by Crippen LogP contribution is 2.24. The summed E-state index contributed by atoms with van der Waals surface area (Å²) in [7, 11) is 1.76. The fourth-order valence-electron chi connectivity index (χ4n) is 1.75. The molecule has 0 radical (unpaired) electrons. The molecule has 100 valence electrons. The zero-order valence-electron chi connectivity index (χ0n) is 11.4. The Kier molecular flexibility index (Phi) is 3.99. The van der Waals surface area contributed by atoms with Gasteiger partial charge in [-0.2, -0.15) is 0 Å². The first-order chi connectivity index (χ1) is 8.99. The number of nitrogens with zero attached hydrogens (tertiary/aromatic N) is 4. The quantitative estimate of drug-likeness (QED) is 0.633. The number of hydrogen-bond acceptors (Lipinski definition) is 5. The van der Waals surface area contributed by atoms with Crippen molar-refractivity contribution in [1.29, 1.82) is 0 Å². The van der Waals surface area contributed by atoms with E-state index in [1.807, 2.05) is 39.0 Å². The van der Waals surface area contributed by atoms with Crippen molar-refractivity contribution >= 4 is 17.5 Å². The Morgan fingerprint density at radius 1 is 1.37 bits per heavy atom. The molecular formula is C13H16N4OS. The minimum atomic E-state index is -0.217. The molecule has 0 amide bonds. The van der Waals surface area contributed by atoms with Gasteiger partial charge in [0.15, 0.2) is 5.78 Å². The standard InChI is InChI=1S/C13H16N4OS/c1-8-5-6-9(2)11(7-8)12(18)10(3)19-13-14-15-16-17(13)4/h5-7,10H,1-4H3/t10-/m1/s1. The van der Waals surface area contributed by atoms with E-state index in [4.69, 9.17) is 0 Å². The van der Waals surface area contributed by atoms with Crippen LogP contribution in [0.1, 0.15) is 28.4 Å². The van der Waals surface area contributed by atoms with E-state index in [1.54, 1.807) is 11.7 Å². The van der Waals surface area contributed by atoms with Gasteiger partial charge in [0.2, 0.25) is 5.16 Å². The third-order valence-corrected chi connectivity index (χ3v) is 4.02. The number of aromatic nitrogens is 4. The van der Waals surface area contributed by atoms with Gasteiger partial charge in [-0.1, -0.05) is 29.5 Å². The molecule has 0 bridgehead atoms. The van der Waals surface area contributed by atoms with Gasteiger partial charge in [0.05, 0.1) is 5.25 Å². The second-order valence-corrected chi connectivity index (χ2v) is 5.84. The second kappa shape index (κ2) is 5.52. The lowest BCUT2D eigenvalue weighted by molar-refractivity contribution is 0.0993. The molecule has 6 heteroatoms. The van der Waals surface area contributed by atoms with E-state index in [0.29, 0.717) is 5.16 Å². The Balaban J connectivity index is 2.19. The van der Waals surface area contributed by atoms with Gasteiger partial charge in [-0.05, 0) is 42.8 Å². The lowest BCUT2D eigenvalue weighted by Gasteiger charge is -2.11. The smallest absolute Gasteiger partial charge is 0.209 e. The number of carbonyl (C=O) groups is 1. The Morgan fingerprint density at radius 2 is 2.11 bits per heavy atom. The summed E-state index contributed by atoms with van der Waals surface area (Å²) in [5, 5.41) is 11.6. The Morgan fingerprint density at radius 3 is 2.74 bits per heavy atom. The molecule has 2 aromatic rings. The van der Waals surface area contributed by atoms with Crippen molar-refractivity contribution in [1.82, 2.24) is 20.2 Å². The summed E-state index contributed by atoms with van der Waals surface area (Å²) < 4.78 is 1.57. The van der Waals surface area contributed by atoms with E-state index < -0.39 is 0 Å². The average molecular weight is 276 g/mol. The highest BCUT2D eigenvalue weighted by molar-refractivity contribution is 8.00. The minimum absolute atomic E-state index is 0.106. The number of Topliss-reactive ketones (excluding diaryl/α,β-unsaturated/α-hetero) is 1. The topological polar surface area (TPSA) is 60.7 Å². The monoisotopic (exact) mass is 276 g/mol. The molecule has 5 nitrogen and oxygen atoms in total. The van der Waals surface area contributed by atoms with Crippen molar-refractivity contribution in [3.8, 4) is 0 Å². The third-order valence-electron chi connectivity index (χ3n) is 2.89. The Bertz CT molecular complexity index is 608. The van der Waals surface area contributed by atoms with Crippen LogP contribution in [0.2, 0.25) is 0 Å². The molecule has 0 N–H and O–H groups in total. The molecule has 0 fully saturated rings. The first kappa shape index (κ1) is 13.7. The first-order valence-corrected chi connectivity index (χ1v) is 6.87. The molecular weight excluding hydrogens is 260 g/mol. The molecule has 0 saturated carbocycles. The summed E-state index contributed by atoms with van der Waals surface area (Å²) >= 11 is 1.37. The summed E-state index contributed by atoms with van der Waals surface area (Å²) in [4.78, 5) is 12.5. The predicted octanol–water partition coefficient (Wildman–Crippen LogP) is 2.19. The third kappa shape index (κ3) is 3.01. The van der Waals surface area contributed by atoms with E-state index in [1.165, 1.54) is 11.8 Å². The van der Waals surface area contributed by atoms with Gasteiger partial charge in [0.25, 0.3) is 0 Å². The Labute approximate surface area is 116 Å². The van der Waals surface area contributed by atoms with Gasteiger partial charge in [-0.25, -0.2) is 4.68 Å². The number of ketones is 1. The molecule has 1 aromatic heterocycles. The molecule has 1 heterocycles. The van der Waals surface area contributed by atoms with Gasteiger partial charge in [-0.3, -0.25) is 4.79 Å². The predicted molar refractivity (Wildman–Crippen MR) is 74.4 cm³/mol. The van der Waals surface area contributed by atoms with Crippen LogP contribution in [0, 0.1) is 13.8 Å². The summed E-state index contributed by atoms with van der Waals surface area (Å²) in [6.07, 6.45) is 0. The zero-order valence-corrected chi connectivity index (χ0v) is 12.2. The summed E-state index contributed by atoms with van der Waals surface area (Å²) in [6.45, 7) is 5.82. The van der Waals surface area contributed by atoms with E-state index in [2.05, 4.69) is 15.5 Å². The number of rotatable bonds is 4. The summed E-state index contributed by atoms with van der Waals surface area (Å²) in [5.41, 5.74) is 2.86. The van der Waals surface area contributed by atoms with E-state index >= 15 is 0 Å². The lowest BCUT2D eigenvalue weighted by Crippen LogP contribution is -2.16. The molecule has 0 unspecified atom stereocenters. The van der Waals surface area contributed by atoms with Crippen LogP contribution in [0.15, 0.2) is 23.4 Å². The van der Waals surface area contributed by atoms with E-state index in [-0.39, 0.29) is 11.0 Å². The Hall–Kier alpha value is -1.69. The van der Waals surface area contributed by atoms with Crippen molar-refractivity contribution in [2.75, 3.05) is 0 Å². The molecule has 0 aliphatic rings. The minimum Gasteiger partial charge on any atom is -0.293 e. The van der Waals surface area contributed by atoms with Crippen LogP contribution in [0.5, 0.6) is 0 Å². The average Bonchev–Trinajstić information content (AvgIpc) is 2.77. The second-order valence-electron chi connectivity index (χ2n) is 4.53. The first-order valence-electron chi connectivity index (χ1n) is 5.99. The van der Waals surface area contributed by atoms with Gasteiger partial charge in [0.1, 0.15) is 0 Å². The maximum atomic E-state index is 12.5. The maximum absolute atomic E-state index is 12.5. The van der Waals surface area contributed by atoms with Crippen molar-refractivity contribution in [3.05, 3.63) is 34.9 Å². The number of thioether (sulfide) groups is 1. The van der Waals surface area contributed by atoms with E-state index in [0.717, 1.165) is 16.7 Å². The number of benzene rings is 1. The van der Waals surface area contributed by atoms with Gasteiger partial charge < -0.3 is 0 Å². The van der Waals surface area contributed by atoms with Crippen molar-refractivity contribution in [2.24, 2.45) is 7.05 Å². The molecule has 2 rings (SSSR count). The number of tetrazole rings is 1. The zero-order chi connectivity index (χ0) is 14.0. The van der Waals surface area contributed by atoms with Crippen LogP contribution in [0.3, 0.4) is 0 Å². The van der Waals surface area contributed by atoms with Gasteiger partial charge in [-0.15, -0.1) is 5.10 Å². The van der Waals surface area contributed by atoms with Gasteiger partial charge >= 0.3 is 0 Å². The number of carbonyl (C=O) groups excluding carboxylic acids is 1. The largest absolute Gasteiger partial charge is 0.293 e. The molecule has 0 aliphatic heterocycles. The van der Waals surface area contributed by atoms with E-state index in [9.17, 15) is 4.79 Å². The fourth-order valence-corrected chi connectivity index (χ4v) is 2.58. The maximum Gasteiger partial charge on any atom is 0.209 e. The number of aryl methyl sites for hydroxylation is 3. The van der Waals surface area contributed by atoms with Crippen LogP contribution in [0.25, 0.3) is 0 Å². The van der Waals surface area contributed by atoms with Crippen LogP contribution in [-0.4, -0.2) is 31.2 Å². The summed E-state index contributed by atoms with van der Waals surface area (Å²) in [5.74, 6) is 0.106. The van der Waals surface area contributed by atoms with Crippen LogP contribution < -0.4 is 0 Å². The van der Waals surface area contributed by atoms with Gasteiger partial charge in [0, 0.05) is 12.6 Å². The van der Waals surface area contributed by atoms with Crippen LogP contribution >= 0.6 is 11.8 Å². The summed E-state index contributed by atoms with van der Waals surface area (Å²) in [6, 6.07) is 5.92. The molecule has 0 aliphatic carbocycles. The van der Waals surface area contributed by atoms with Crippen LogP contribution in [0.4, 0.5) is 0 Å². The fraction of sp³-hybridized carbons (Fsp3) is 0.385. The lowest BCUT2D eigenvalue weighted by atomic mass is 10.0. The molecule has 1 aromatic carbocycles. The highest BCUT2D eigenvalue weighted by Gasteiger charge is 2.20. The molecule has 19 heavy (non-hydrogen) atoms. The SMILES string of the molecule is Cc1ccc(C)c(C(=O)[C@@H](C)Sc2nnnn2C)c1. The molecule has 1 atom stereocenters. The highest BCUT2D eigenvalue weighted by atomic mass is 32.2. The normalized spacial score (nSPS) is 12.4. The van der Waals surface area contributed by atoms with Crippen molar-refractivity contribution < 1.29 is 4.79 Å². The molecule has 0 saturated heterocycles.